The lowest BCUT2D eigenvalue weighted by molar-refractivity contribution is 0.186. The van der Waals surface area contributed by atoms with Crippen molar-refractivity contribution in [2.24, 2.45) is 0 Å². The lowest BCUT2D eigenvalue weighted by Gasteiger charge is -2.41. The third kappa shape index (κ3) is 2.54. The lowest BCUT2D eigenvalue weighted by Crippen LogP contribution is -2.59. The number of benzene rings is 1. The first-order valence-corrected chi connectivity index (χ1v) is 7.65. The van der Waals surface area contributed by atoms with Crippen LogP contribution in [0.4, 0.5) is 0 Å². The predicted octanol–water partition coefficient (Wildman–Crippen LogP) is 1.71. The van der Waals surface area contributed by atoms with Gasteiger partial charge in [-0.2, -0.15) is 4.31 Å². The summed E-state index contributed by atoms with van der Waals surface area (Å²) in [4.78, 5) is 0.255. The molecule has 18 heavy (non-hydrogen) atoms. The molecule has 1 aromatic carbocycles. The van der Waals surface area contributed by atoms with E-state index in [1.165, 1.54) is 6.07 Å². The molecule has 1 N–H and O–H groups in total. The summed E-state index contributed by atoms with van der Waals surface area (Å²) in [7, 11) is -3.48. The third-order valence-corrected chi connectivity index (χ3v) is 5.45. The van der Waals surface area contributed by atoms with Gasteiger partial charge in [0.2, 0.25) is 10.0 Å². The van der Waals surface area contributed by atoms with Gasteiger partial charge in [-0.25, -0.2) is 8.42 Å². The lowest BCUT2D eigenvalue weighted by atomic mass is 10.0. The molecule has 0 atom stereocenters. The van der Waals surface area contributed by atoms with E-state index in [0.29, 0.717) is 24.7 Å². The average Bonchev–Trinajstić information content (AvgIpc) is 2.28. The van der Waals surface area contributed by atoms with Crippen LogP contribution in [0, 0.1) is 0 Å². The second-order valence-electron chi connectivity index (χ2n) is 5.02. The van der Waals surface area contributed by atoms with Crippen LogP contribution in [0.25, 0.3) is 0 Å². The highest BCUT2D eigenvalue weighted by Crippen LogP contribution is 2.27. The van der Waals surface area contributed by atoms with E-state index in [1.54, 1.807) is 22.5 Å². The van der Waals surface area contributed by atoms with Gasteiger partial charge in [-0.05, 0) is 32.0 Å². The Morgan fingerprint density at radius 2 is 2.11 bits per heavy atom. The van der Waals surface area contributed by atoms with Crippen LogP contribution < -0.4 is 5.32 Å². The Bertz CT molecular complexity index is 543. The Kier molecular flexibility index (Phi) is 3.69. The summed E-state index contributed by atoms with van der Waals surface area (Å²) in [5, 5.41) is 3.64. The first kappa shape index (κ1) is 13.8. The van der Waals surface area contributed by atoms with Crippen molar-refractivity contribution in [1.29, 1.82) is 0 Å². The fraction of sp³-hybridized carbons (Fsp3) is 0.500. The van der Waals surface area contributed by atoms with E-state index in [0.717, 1.165) is 0 Å². The summed E-state index contributed by atoms with van der Waals surface area (Å²) >= 11 is 5.87. The highest BCUT2D eigenvalue weighted by atomic mass is 35.5. The van der Waals surface area contributed by atoms with E-state index < -0.39 is 15.6 Å². The highest BCUT2D eigenvalue weighted by Gasteiger charge is 2.38. The molecule has 1 heterocycles. The van der Waals surface area contributed by atoms with E-state index >= 15 is 0 Å². The first-order valence-electron chi connectivity index (χ1n) is 5.83. The van der Waals surface area contributed by atoms with Crippen molar-refractivity contribution in [2.45, 2.75) is 24.3 Å². The van der Waals surface area contributed by atoms with Crippen molar-refractivity contribution >= 4 is 21.6 Å². The summed E-state index contributed by atoms with van der Waals surface area (Å²) < 4.78 is 26.7. The van der Waals surface area contributed by atoms with Gasteiger partial charge in [-0.3, -0.25) is 0 Å². The normalized spacial score (nSPS) is 20.8. The Hall–Kier alpha value is -0.620. The van der Waals surface area contributed by atoms with Crippen molar-refractivity contribution in [3.8, 4) is 0 Å². The monoisotopic (exact) mass is 288 g/mol. The van der Waals surface area contributed by atoms with Gasteiger partial charge in [0.25, 0.3) is 0 Å². The molecule has 1 aliphatic heterocycles. The zero-order chi connectivity index (χ0) is 13.4. The van der Waals surface area contributed by atoms with E-state index in [9.17, 15) is 8.42 Å². The van der Waals surface area contributed by atoms with E-state index in [4.69, 9.17) is 11.6 Å². The molecule has 2 rings (SSSR count). The van der Waals surface area contributed by atoms with Gasteiger partial charge in [-0.1, -0.05) is 17.7 Å². The Morgan fingerprint density at radius 3 is 2.72 bits per heavy atom. The maximum atomic E-state index is 12.6. The Morgan fingerprint density at radius 1 is 1.39 bits per heavy atom. The number of piperazine rings is 1. The van der Waals surface area contributed by atoms with Gasteiger partial charge in [0, 0.05) is 30.2 Å². The van der Waals surface area contributed by atoms with E-state index in [-0.39, 0.29) is 4.90 Å². The van der Waals surface area contributed by atoms with E-state index in [2.05, 4.69) is 5.32 Å². The summed E-state index contributed by atoms with van der Waals surface area (Å²) in [5.41, 5.74) is -0.431. The molecule has 1 saturated heterocycles. The smallest absolute Gasteiger partial charge is 0.243 e. The number of hydrogen-bond acceptors (Lipinski definition) is 3. The average molecular weight is 289 g/mol. The van der Waals surface area contributed by atoms with Crippen LogP contribution in [0.3, 0.4) is 0 Å². The number of nitrogens with one attached hydrogen (secondary N) is 1. The van der Waals surface area contributed by atoms with Crippen molar-refractivity contribution in [1.82, 2.24) is 9.62 Å². The third-order valence-electron chi connectivity index (χ3n) is 3.11. The summed E-state index contributed by atoms with van der Waals surface area (Å²) in [6.07, 6.45) is 0. The molecular weight excluding hydrogens is 272 g/mol. The minimum absolute atomic E-state index is 0.255. The van der Waals surface area contributed by atoms with Crippen LogP contribution in [0.5, 0.6) is 0 Å². The second-order valence-corrected chi connectivity index (χ2v) is 7.32. The van der Waals surface area contributed by atoms with Crippen LogP contribution in [0.2, 0.25) is 5.02 Å². The van der Waals surface area contributed by atoms with Gasteiger partial charge in [-0.15, -0.1) is 0 Å². The number of nitrogens with zero attached hydrogens (tertiary/aromatic N) is 1. The van der Waals surface area contributed by atoms with E-state index in [1.807, 2.05) is 13.8 Å². The molecule has 100 valence electrons. The van der Waals surface area contributed by atoms with Crippen LogP contribution in [0.15, 0.2) is 29.2 Å². The predicted molar refractivity (Wildman–Crippen MR) is 72.3 cm³/mol. The van der Waals surface area contributed by atoms with Gasteiger partial charge in [0.05, 0.1) is 4.90 Å². The molecule has 1 aliphatic rings. The van der Waals surface area contributed by atoms with Crippen LogP contribution in [-0.4, -0.2) is 37.9 Å². The molecule has 0 spiro atoms. The number of sulfonamides is 1. The minimum atomic E-state index is -3.48. The fourth-order valence-corrected chi connectivity index (χ4v) is 4.25. The zero-order valence-electron chi connectivity index (χ0n) is 10.5. The molecule has 0 aliphatic carbocycles. The SMILES string of the molecule is CC1(C)CNCCN1S(=O)(=O)c1cccc(Cl)c1. The molecule has 0 amide bonds. The maximum Gasteiger partial charge on any atom is 0.243 e. The molecule has 0 saturated carbocycles. The largest absolute Gasteiger partial charge is 0.314 e. The number of rotatable bonds is 2. The van der Waals surface area contributed by atoms with Crippen LogP contribution in [0.1, 0.15) is 13.8 Å². The van der Waals surface area contributed by atoms with Crippen molar-refractivity contribution in [2.75, 3.05) is 19.6 Å². The van der Waals surface area contributed by atoms with Crippen molar-refractivity contribution < 1.29 is 8.42 Å². The molecule has 1 aromatic rings. The van der Waals surface area contributed by atoms with Gasteiger partial charge in [0.1, 0.15) is 0 Å². The van der Waals surface area contributed by atoms with Gasteiger partial charge >= 0.3 is 0 Å². The second kappa shape index (κ2) is 4.81. The number of halogens is 1. The van der Waals surface area contributed by atoms with Crippen molar-refractivity contribution in [3.05, 3.63) is 29.3 Å². The zero-order valence-corrected chi connectivity index (χ0v) is 12.1. The molecule has 0 radical (unpaired) electrons. The van der Waals surface area contributed by atoms with Gasteiger partial charge < -0.3 is 5.32 Å². The molecule has 1 fully saturated rings. The van der Waals surface area contributed by atoms with Gasteiger partial charge in [0.15, 0.2) is 0 Å². The van der Waals surface area contributed by atoms with Crippen LogP contribution >= 0.6 is 11.6 Å². The molecule has 0 aromatic heterocycles. The summed E-state index contributed by atoms with van der Waals surface area (Å²) in [5.74, 6) is 0. The molecule has 4 nitrogen and oxygen atoms in total. The molecule has 0 bridgehead atoms. The number of hydrogen-bond donors (Lipinski definition) is 1. The fourth-order valence-electron chi connectivity index (χ4n) is 2.17. The standard InChI is InChI=1S/C12H17ClN2O2S/c1-12(2)9-14-6-7-15(12)18(16,17)11-5-3-4-10(13)8-11/h3-5,8,14H,6-7,9H2,1-2H3. The Balaban J connectivity index is 2.42. The quantitative estimate of drug-likeness (QED) is 0.901. The molecular formula is C12H17ClN2O2S. The topological polar surface area (TPSA) is 49.4 Å². The minimum Gasteiger partial charge on any atom is -0.314 e. The van der Waals surface area contributed by atoms with Crippen molar-refractivity contribution in [3.63, 3.8) is 0 Å². The first-order chi connectivity index (χ1) is 8.34. The molecule has 6 heteroatoms. The van der Waals surface area contributed by atoms with Crippen LogP contribution in [-0.2, 0) is 10.0 Å². The summed E-state index contributed by atoms with van der Waals surface area (Å²) in [6, 6.07) is 6.40. The molecule has 0 unspecified atom stereocenters. The summed E-state index contributed by atoms with van der Waals surface area (Å²) in [6.45, 7) is 5.63. The Labute approximate surface area is 113 Å². The maximum absolute atomic E-state index is 12.6. The highest BCUT2D eigenvalue weighted by molar-refractivity contribution is 7.89.